The summed E-state index contributed by atoms with van der Waals surface area (Å²) >= 11 is 0. The third-order valence-corrected chi connectivity index (χ3v) is 6.17. The largest absolute Gasteiger partial charge is 0.463 e. The molecule has 0 spiro atoms. The van der Waals surface area contributed by atoms with E-state index in [1.807, 2.05) is 25.7 Å². The zero-order chi connectivity index (χ0) is 24.1. The van der Waals surface area contributed by atoms with Gasteiger partial charge in [0.2, 0.25) is 5.91 Å². The average Bonchev–Trinajstić information content (AvgIpc) is 2.79. The molecule has 2 atom stereocenters. The number of rotatable bonds is 7. The highest BCUT2D eigenvalue weighted by Gasteiger charge is 2.40. The Balaban J connectivity index is 2.01. The lowest BCUT2D eigenvalue weighted by Gasteiger charge is -2.43. The number of halogens is 1. The summed E-state index contributed by atoms with van der Waals surface area (Å²) in [5.41, 5.74) is 0.965. The van der Waals surface area contributed by atoms with E-state index in [-0.39, 0.29) is 35.7 Å². The molecule has 9 heteroatoms. The highest BCUT2D eigenvalue weighted by molar-refractivity contribution is 5.95. The number of urea groups is 1. The van der Waals surface area contributed by atoms with Crippen molar-refractivity contribution in [1.82, 2.24) is 20.0 Å². The van der Waals surface area contributed by atoms with Crippen LogP contribution in [0.2, 0.25) is 0 Å². The van der Waals surface area contributed by atoms with Crippen molar-refractivity contribution in [3.63, 3.8) is 0 Å². The van der Waals surface area contributed by atoms with Crippen LogP contribution < -0.4 is 5.32 Å². The molecule has 0 aliphatic carbocycles. The first-order chi connectivity index (χ1) is 15.8. The number of nitrogens with one attached hydrogen (secondary N) is 1. The Bertz CT molecular complexity index is 935. The Morgan fingerprint density at radius 2 is 1.91 bits per heavy atom. The highest BCUT2D eigenvalue weighted by atomic mass is 19.1. The maximum atomic E-state index is 14.7. The maximum Gasteiger partial charge on any atom is 0.338 e. The minimum Gasteiger partial charge on any atom is -0.463 e. The molecule has 0 saturated carbocycles. The molecule has 3 amide bonds. The second-order valence-electron chi connectivity index (χ2n) is 8.25. The molecule has 0 bridgehead atoms. The van der Waals surface area contributed by atoms with Crippen molar-refractivity contribution in [2.75, 3.05) is 39.3 Å². The summed E-state index contributed by atoms with van der Waals surface area (Å²) in [6.45, 7) is 9.99. The number of esters is 1. The third kappa shape index (κ3) is 5.19. The van der Waals surface area contributed by atoms with Gasteiger partial charge in [-0.3, -0.25) is 14.6 Å². The smallest absolute Gasteiger partial charge is 0.338 e. The summed E-state index contributed by atoms with van der Waals surface area (Å²) in [4.78, 5) is 43.8. The number of likely N-dealkylation sites (N-methyl/N-ethyl adjacent to an activating group) is 1. The van der Waals surface area contributed by atoms with Gasteiger partial charge in [-0.15, -0.1) is 0 Å². The molecule has 2 aliphatic heterocycles. The molecule has 1 aromatic rings. The van der Waals surface area contributed by atoms with Crippen LogP contribution in [0.25, 0.3) is 0 Å². The van der Waals surface area contributed by atoms with Crippen LogP contribution in [0.4, 0.5) is 9.18 Å². The number of amides is 3. The molecule has 0 aromatic heterocycles. The zero-order valence-corrected chi connectivity index (χ0v) is 19.8. The molecule has 180 valence electrons. The molecule has 0 unspecified atom stereocenters. The van der Waals surface area contributed by atoms with E-state index >= 15 is 0 Å². The predicted molar refractivity (Wildman–Crippen MR) is 122 cm³/mol. The Kier molecular flexibility index (Phi) is 8.07. The summed E-state index contributed by atoms with van der Waals surface area (Å²) in [6, 6.07) is 4.78. The average molecular weight is 461 g/mol. The maximum absolute atomic E-state index is 14.7. The normalized spacial score (nSPS) is 21.8. The van der Waals surface area contributed by atoms with Gasteiger partial charge in [-0.1, -0.05) is 25.1 Å². The van der Waals surface area contributed by atoms with Gasteiger partial charge in [-0.2, -0.15) is 0 Å². The van der Waals surface area contributed by atoms with Gasteiger partial charge in [0, 0.05) is 56.4 Å². The topological polar surface area (TPSA) is 82.2 Å². The molecule has 1 N–H and O–H groups in total. The highest BCUT2D eigenvalue weighted by Crippen LogP contribution is 2.33. The molecule has 1 aromatic carbocycles. The van der Waals surface area contributed by atoms with Crippen LogP contribution in [-0.4, -0.2) is 78.0 Å². The van der Waals surface area contributed by atoms with E-state index in [2.05, 4.69) is 10.2 Å². The summed E-state index contributed by atoms with van der Waals surface area (Å²) < 4.78 is 20.0. The van der Waals surface area contributed by atoms with E-state index in [0.717, 1.165) is 0 Å². The van der Waals surface area contributed by atoms with Crippen molar-refractivity contribution in [2.24, 2.45) is 0 Å². The van der Waals surface area contributed by atoms with Crippen LogP contribution >= 0.6 is 0 Å². The fourth-order valence-corrected chi connectivity index (χ4v) is 4.56. The fraction of sp³-hybridized carbons (Fsp3) is 0.542. The monoisotopic (exact) mass is 460 g/mol. The van der Waals surface area contributed by atoms with E-state index in [9.17, 15) is 18.8 Å². The molecule has 0 radical (unpaired) electrons. The Morgan fingerprint density at radius 1 is 1.18 bits per heavy atom. The van der Waals surface area contributed by atoms with Crippen molar-refractivity contribution >= 4 is 17.9 Å². The standard InChI is InChI=1S/C24H33FN4O4/c1-5-20(30)29-13-12-27(14-16(29)4)15-19-21(23(31)33-7-3)22(26-24(32)28(19)6-2)17-10-8-9-11-18(17)25/h8-11,16,22H,5-7,12-15H2,1-4H3,(H,26,32)/t16-,22-/m1/s1. The first kappa shape index (κ1) is 24.7. The molecular weight excluding hydrogens is 427 g/mol. The molecule has 33 heavy (non-hydrogen) atoms. The molecule has 8 nitrogen and oxygen atoms in total. The second kappa shape index (κ2) is 10.8. The molecule has 1 saturated heterocycles. The minimum atomic E-state index is -0.948. The molecular formula is C24H33FN4O4. The Hall–Kier alpha value is -2.94. The van der Waals surface area contributed by atoms with Gasteiger partial charge < -0.3 is 15.0 Å². The van der Waals surface area contributed by atoms with Crippen LogP contribution in [0.5, 0.6) is 0 Å². The summed E-state index contributed by atoms with van der Waals surface area (Å²) in [7, 11) is 0. The molecule has 3 rings (SSSR count). The van der Waals surface area contributed by atoms with E-state index in [1.165, 1.54) is 11.0 Å². The number of carbonyl (C=O) groups is 3. The third-order valence-electron chi connectivity index (χ3n) is 6.17. The van der Waals surface area contributed by atoms with Gasteiger partial charge in [0.25, 0.3) is 0 Å². The van der Waals surface area contributed by atoms with Crippen LogP contribution in [0, 0.1) is 5.82 Å². The molecule has 2 heterocycles. The van der Waals surface area contributed by atoms with E-state index in [4.69, 9.17) is 4.74 Å². The Labute approximate surface area is 194 Å². The lowest BCUT2D eigenvalue weighted by molar-refractivity contribution is -0.139. The number of ether oxygens (including phenoxy) is 1. The number of nitrogens with zero attached hydrogens (tertiary/aromatic N) is 3. The van der Waals surface area contributed by atoms with E-state index in [1.54, 1.807) is 25.1 Å². The second-order valence-corrected chi connectivity index (χ2v) is 8.25. The lowest BCUT2D eigenvalue weighted by Crippen LogP contribution is -2.56. The van der Waals surface area contributed by atoms with Gasteiger partial charge in [-0.05, 0) is 26.8 Å². The number of hydrogen-bond acceptors (Lipinski definition) is 5. The number of carbonyl (C=O) groups excluding carboxylic acids is 3. The summed E-state index contributed by atoms with van der Waals surface area (Å²) in [5, 5.41) is 2.79. The minimum absolute atomic E-state index is 0.00713. The fourth-order valence-electron chi connectivity index (χ4n) is 4.56. The first-order valence-corrected chi connectivity index (χ1v) is 11.6. The van der Waals surface area contributed by atoms with Crippen molar-refractivity contribution in [1.29, 1.82) is 0 Å². The zero-order valence-electron chi connectivity index (χ0n) is 19.8. The SMILES string of the molecule is CCOC(=O)C1=C(CN2CCN(C(=O)CC)[C@H](C)C2)N(CC)C(=O)N[C@@H]1c1ccccc1F. The van der Waals surface area contributed by atoms with Gasteiger partial charge in [0.1, 0.15) is 5.82 Å². The van der Waals surface area contributed by atoms with E-state index in [0.29, 0.717) is 44.8 Å². The summed E-state index contributed by atoms with van der Waals surface area (Å²) in [6.07, 6.45) is 0.455. The molecule has 2 aliphatic rings. The van der Waals surface area contributed by atoms with Crippen LogP contribution in [0.15, 0.2) is 35.5 Å². The van der Waals surface area contributed by atoms with Crippen LogP contribution in [-0.2, 0) is 14.3 Å². The van der Waals surface area contributed by atoms with E-state index < -0.39 is 17.8 Å². The summed E-state index contributed by atoms with van der Waals surface area (Å²) in [5.74, 6) is -0.971. The quantitative estimate of drug-likeness (QED) is 0.633. The Morgan fingerprint density at radius 3 is 2.52 bits per heavy atom. The number of hydrogen-bond donors (Lipinski definition) is 1. The van der Waals surface area contributed by atoms with Crippen molar-refractivity contribution in [3.8, 4) is 0 Å². The number of piperazine rings is 1. The number of benzene rings is 1. The van der Waals surface area contributed by atoms with Crippen molar-refractivity contribution in [3.05, 3.63) is 46.9 Å². The van der Waals surface area contributed by atoms with Crippen molar-refractivity contribution < 1.29 is 23.5 Å². The molecule has 1 fully saturated rings. The van der Waals surface area contributed by atoms with Gasteiger partial charge in [0.15, 0.2) is 0 Å². The van der Waals surface area contributed by atoms with Crippen LogP contribution in [0.1, 0.15) is 45.7 Å². The van der Waals surface area contributed by atoms with Gasteiger partial charge >= 0.3 is 12.0 Å². The van der Waals surface area contributed by atoms with Crippen LogP contribution in [0.3, 0.4) is 0 Å². The first-order valence-electron chi connectivity index (χ1n) is 11.6. The van der Waals surface area contributed by atoms with Crippen molar-refractivity contribution in [2.45, 2.75) is 46.2 Å². The van der Waals surface area contributed by atoms with Gasteiger partial charge in [0.05, 0.1) is 18.2 Å². The predicted octanol–water partition coefficient (Wildman–Crippen LogP) is 2.67. The lowest BCUT2D eigenvalue weighted by atomic mass is 9.93. The van der Waals surface area contributed by atoms with Gasteiger partial charge in [-0.25, -0.2) is 14.0 Å².